The molecular formula is C20H25ClN4O3S. The number of sulfonamides is 1. The Morgan fingerprint density at radius 3 is 2.45 bits per heavy atom. The number of aryl methyl sites for hydroxylation is 2. The number of amides is 1. The minimum atomic E-state index is -3.55. The highest BCUT2D eigenvalue weighted by molar-refractivity contribution is 7.89. The molecule has 9 heteroatoms. The van der Waals surface area contributed by atoms with Crippen LogP contribution >= 0.6 is 11.6 Å². The number of hydrogen-bond donors (Lipinski definition) is 1. The largest absolute Gasteiger partial charge is 0.309 e. The molecule has 1 unspecified atom stereocenters. The van der Waals surface area contributed by atoms with E-state index in [4.69, 9.17) is 11.6 Å². The van der Waals surface area contributed by atoms with Crippen LogP contribution < -0.4 is 5.32 Å². The lowest BCUT2D eigenvalue weighted by molar-refractivity contribution is -0.121. The molecule has 1 aliphatic rings. The van der Waals surface area contributed by atoms with Gasteiger partial charge in [0, 0.05) is 32.4 Å². The number of hydrogen-bond acceptors (Lipinski definition) is 5. The summed E-state index contributed by atoms with van der Waals surface area (Å²) in [6, 6.07) is 8.34. The van der Waals surface area contributed by atoms with Crippen molar-refractivity contribution in [3.05, 3.63) is 52.7 Å². The van der Waals surface area contributed by atoms with Crippen LogP contribution in [0.2, 0.25) is 5.02 Å². The first kappa shape index (κ1) is 21.7. The first-order valence-electron chi connectivity index (χ1n) is 9.42. The van der Waals surface area contributed by atoms with Crippen LogP contribution in [0.1, 0.15) is 18.1 Å². The molecule has 0 bridgehead atoms. The van der Waals surface area contributed by atoms with Crippen LogP contribution in [0.4, 0.5) is 5.82 Å². The maximum absolute atomic E-state index is 13.0. The zero-order valence-electron chi connectivity index (χ0n) is 16.7. The van der Waals surface area contributed by atoms with E-state index in [0.717, 1.165) is 11.1 Å². The summed E-state index contributed by atoms with van der Waals surface area (Å²) in [5.74, 6) is 0.244. The van der Waals surface area contributed by atoms with Crippen molar-refractivity contribution < 1.29 is 13.2 Å². The van der Waals surface area contributed by atoms with E-state index in [-0.39, 0.29) is 5.91 Å². The number of aromatic nitrogens is 1. The Hall–Kier alpha value is -2.00. The van der Waals surface area contributed by atoms with Crippen LogP contribution in [0.25, 0.3) is 0 Å². The van der Waals surface area contributed by atoms with Gasteiger partial charge in [0.15, 0.2) is 0 Å². The van der Waals surface area contributed by atoms with Crippen LogP contribution in [0.15, 0.2) is 41.4 Å². The van der Waals surface area contributed by atoms with Crippen molar-refractivity contribution in [2.24, 2.45) is 0 Å². The number of nitrogens with zero attached hydrogens (tertiary/aromatic N) is 3. The van der Waals surface area contributed by atoms with Crippen LogP contribution in [0.5, 0.6) is 0 Å². The van der Waals surface area contributed by atoms with Gasteiger partial charge >= 0.3 is 0 Å². The smallest absolute Gasteiger partial charge is 0.243 e. The topological polar surface area (TPSA) is 82.6 Å². The van der Waals surface area contributed by atoms with Crippen molar-refractivity contribution in [2.75, 3.05) is 31.5 Å². The number of rotatable bonds is 5. The first-order valence-corrected chi connectivity index (χ1v) is 11.2. The van der Waals surface area contributed by atoms with E-state index in [0.29, 0.717) is 41.9 Å². The molecule has 1 aromatic heterocycles. The molecule has 7 nitrogen and oxygen atoms in total. The number of anilines is 1. The Labute approximate surface area is 176 Å². The molecule has 3 rings (SSSR count). The summed E-state index contributed by atoms with van der Waals surface area (Å²) in [5, 5.41) is 3.26. The molecule has 1 fully saturated rings. The molecule has 0 radical (unpaired) electrons. The van der Waals surface area contributed by atoms with Gasteiger partial charge in [-0.3, -0.25) is 9.69 Å². The number of carbonyl (C=O) groups is 1. The summed E-state index contributed by atoms with van der Waals surface area (Å²) < 4.78 is 27.6. The fraction of sp³-hybridized carbons (Fsp3) is 0.400. The normalized spacial score (nSPS) is 17.1. The summed E-state index contributed by atoms with van der Waals surface area (Å²) in [5.41, 5.74) is 1.65. The van der Waals surface area contributed by atoms with E-state index in [1.54, 1.807) is 32.0 Å². The second kappa shape index (κ2) is 8.79. The average Bonchev–Trinajstić information content (AvgIpc) is 2.71. The number of carbonyl (C=O) groups excluding carboxylic acids is 1. The van der Waals surface area contributed by atoms with Gasteiger partial charge < -0.3 is 5.32 Å². The Balaban J connectivity index is 1.62. The van der Waals surface area contributed by atoms with Crippen LogP contribution in [-0.2, 0) is 14.8 Å². The summed E-state index contributed by atoms with van der Waals surface area (Å²) in [4.78, 5) is 18.9. The lowest BCUT2D eigenvalue weighted by Gasteiger charge is -2.36. The number of benzene rings is 1. The predicted octanol–water partition coefficient (Wildman–Crippen LogP) is 2.69. The third kappa shape index (κ3) is 4.95. The lowest BCUT2D eigenvalue weighted by Crippen LogP contribution is -2.54. The van der Waals surface area contributed by atoms with Crippen molar-refractivity contribution in [3.63, 3.8) is 0 Å². The van der Waals surface area contributed by atoms with Crippen molar-refractivity contribution >= 4 is 33.3 Å². The SMILES string of the molecule is Cc1ccc(C)c(S(=O)(=O)N2CCN(C(C)C(=O)Nc3ccc(Cl)cn3)CC2)c1. The fourth-order valence-corrected chi connectivity index (χ4v) is 5.15. The van der Waals surface area contributed by atoms with E-state index in [9.17, 15) is 13.2 Å². The Kier molecular flexibility index (Phi) is 6.58. The monoisotopic (exact) mass is 436 g/mol. The fourth-order valence-electron chi connectivity index (χ4n) is 3.30. The molecule has 1 atom stereocenters. The molecule has 1 saturated heterocycles. The maximum Gasteiger partial charge on any atom is 0.243 e. The van der Waals surface area contributed by atoms with Gasteiger partial charge in [0.05, 0.1) is 16.0 Å². The van der Waals surface area contributed by atoms with E-state index >= 15 is 0 Å². The van der Waals surface area contributed by atoms with Crippen molar-refractivity contribution in [3.8, 4) is 0 Å². The maximum atomic E-state index is 13.0. The minimum Gasteiger partial charge on any atom is -0.309 e. The Bertz CT molecular complexity index is 987. The second-order valence-electron chi connectivity index (χ2n) is 7.24. The van der Waals surface area contributed by atoms with Gasteiger partial charge in [-0.15, -0.1) is 0 Å². The second-order valence-corrected chi connectivity index (χ2v) is 9.58. The van der Waals surface area contributed by atoms with Crippen molar-refractivity contribution in [2.45, 2.75) is 31.7 Å². The molecular weight excluding hydrogens is 412 g/mol. The molecule has 1 N–H and O–H groups in total. The van der Waals surface area contributed by atoms with E-state index in [1.165, 1.54) is 10.5 Å². The van der Waals surface area contributed by atoms with Crippen LogP contribution in [0, 0.1) is 13.8 Å². The van der Waals surface area contributed by atoms with Crippen molar-refractivity contribution in [1.82, 2.24) is 14.2 Å². The molecule has 0 saturated carbocycles. The first-order chi connectivity index (χ1) is 13.7. The predicted molar refractivity (Wildman–Crippen MR) is 114 cm³/mol. The highest BCUT2D eigenvalue weighted by atomic mass is 35.5. The molecule has 156 valence electrons. The highest BCUT2D eigenvalue weighted by Gasteiger charge is 2.32. The van der Waals surface area contributed by atoms with Gasteiger partial charge in [0.1, 0.15) is 5.82 Å². The number of piperazine rings is 1. The zero-order valence-corrected chi connectivity index (χ0v) is 18.3. The van der Waals surface area contributed by atoms with E-state index < -0.39 is 16.1 Å². The number of pyridine rings is 1. The Morgan fingerprint density at radius 1 is 1.14 bits per heavy atom. The molecule has 0 spiro atoms. The van der Waals surface area contributed by atoms with Crippen LogP contribution in [-0.4, -0.2) is 60.7 Å². The van der Waals surface area contributed by atoms with Crippen molar-refractivity contribution in [1.29, 1.82) is 0 Å². The molecule has 2 heterocycles. The molecule has 29 heavy (non-hydrogen) atoms. The number of nitrogens with one attached hydrogen (secondary N) is 1. The average molecular weight is 437 g/mol. The minimum absolute atomic E-state index is 0.189. The van der Waals surface area contributed by atoms with E-state index in [1.807, 2.05) is 24.0 Å². The molecule has 0 aliphatic carbocycles. The van der Waals surface area contributed by atoms with Gasteiger partial charge in [-0.2, -0.15) is 4.31 Å². The lowest BCUT2D eigenvalue weighted by atomic mass is 10.2. The van der Waals surface area contributed by atoms with Gasteiger partial charge in [0.25, 0.3) is 0 Å². The molecule has 2 aromatic rings. The molecule has 1 aromatic carbocycles. The third-order valence-electron chi connectivity index (χ3n) is 5.14. The third-order valence-corrected chi connectivity index (χ3v) is 7.40. The van der Waals surface area contributed by atoms with Gasteiger partial charge in [-0.1, -0.05) is 23.7 Å². The highest BCUT2D eigenvalue weighted by Crippen LogP contribution is 2.23. The molecule has 1 amide bonds. The Morgan fingerprint density at radius 2 is 1.83 bits per heavy atom. The van der Waals surface area contributed by atoms with Gasteiger partial charge in [0.2, 0.25) is 15.9 Å². The zero-order chi connectivity index (χ0) is 21.2. The standard InChI is InChI=1S/C20H25ClN4O3S/c1-14-4-5-15(2)18(12-14)29(27,28)25-10-8-24(9-11-25)16(3)20(26)23-19-7-6-17(21)13-22-19/h4-7,12-13,16H,8-11H2,1-3H3,(H,22,23,26). The van der Waals surface area contributed by atoms with Gasteiger partial charge in [-0.05, 0) is 50.1 Å². The summed E-state index contributed by atoms with van der Waals surface area (Å²) in [6.07, 6.45) is 1.47. The molecule has 1 aliphatic heterocycles. The summed E-state index contributed by atoms with van der Waals surface area (Å²) in [6.45, 7) is 7.13. The quantitative estimate of drug-likeness (QED) is 0.779. The summed E-state index contributed by atoms with van der Waals surface area (Å²) in [7, 11) is -3.55. The van der Waals surface area contributed by atoms with Gasteiger partial charge in [-0.25, -0.2) is 13.4 Å². The van der Waals surface area contributed by atoms with E-state index in [2.05, 4.69) is 10.3 Å². The summed E-state index contributed by atoms with van der Waals surface area (Å²) >= 11 is 5.81. The van der Waals surface area contributed by atoms with Crippen LogP contribution in [0.3, 0.4) is 0 Å². The number of halogens is 1.